The molecule has 1 rings (SSSR count). The van der Waals surface area contributed by atoms with Crippen LogP contribution in [0.1, 0.15) is 39.5 Å². The molecule has 0 aromatic carbocycles. The molecular formula is C17H33NO7Si. The molecule has 2 unspecified atom stereocenters. The molecule has 9 heteroatoms. The van der Waals surface area contributed by atoms with Gasteiger partial charge in [-0.15, -0.1) is 6.58 Å². The van der Waals surface area contributed by atoms with Crippen molar-refractivity contribution in [3.63, 3.8) is 0 Å². The molecule has 2 atom stereocenters. The average Bonchev–Trinajstić information content (AvgIpc) is 2.60. The number of carbonyl (C=O) groups excluding carboxylic acids is 1. The molecule has 1 saturated heterocycles. The van der Waals surface area contributed by atoms with E-state index in [0.717, 1.165) is 25.3 Å². The van der Waals surface area contributed by atoms with Gasteiger partial charge in [0.2, 0.25) is 5.91 Å². The van der Waals surface area contributed by atoms with Gasteiger partial charge in [-0.05, 0) is 18.4 Å². The van der Waals surface area contributed by atoms with Gasteiger partial charge in [0.15, 0.2) is 5.60 Å². The molecule has 1 aliphatic heterocycles. The predicted octanol–water partition coefficient (Wildman–Crippen LogP) is 1.35. The SMILES string of the molecule is C=CC1(OC)CCCC[Si]1(OC)OC.CC(C)C(O)(CC(=O)O)C(N)=O. The first-order chi connectivity index (χ1) is 12.0. The number of ether oxygens (including phenoxy) is 1. The van der Waals surface area contributed by atoms with Gasteiger partial charge < -0.3 is 29.5 Å². The van der Waals surface area contributed by atoms with Gasteiger partial charge in [0.25, 0.3) is 0 Å². The molecule has 8 nitrogen and oxygen atoms in total. The summed E-state index contributed by atoms with van der Waals surface area (Å²) in [5, 5.41) is 17.5. The van der Waals surface area contributed by atoms with E-state index in [0.29, 0.717) is 0 Å². The van der Waals surface area contributed by atoms with Gasteiger partial charge >= 0.3 is 14.5 Å². The summed E-state index contributed by atoms with van der Waals surface area (Å²) >= 11 is 0. The van der Waals surface area contributed by atoms with Crippen LogP contribution in [0.15, 0.2) is 12.7 Å². The summed E-state index contributed by atoms with van der Waals surface area (Å²) in [4.78, 5) is 21.0. The van der Waals surface area contributed by atoms with E-state index >= 15 is 0 Å². The lowest BCUT2D eigenvalue weighted by Gasteiger charge is -2.45. The van der Waals surface area contributed by atoms with Crippen LogP contribution in [-0.2, 0) is 23.2 Å². The lowest BCUT2D eigenvalue weighted by atomic mass is 9.86. The second-order valence-electron chi connectivity index (χ2n) is 6.68. The lowest BCUT2D eigenvalue weighted by Crippen LogP contribution is -2.63. The molecule has 0 aromatic rings. The highest BCUT2D eigenvalue weighted by Gasteiger charge is 2.57. The van der Waals surface area contributed by atoms with Gasteiger partial charge in [0, 0.05) is 21.3 Å². The number of nitrogens with two attached hydrogens (primary N) is 1. The predicted molar refractivity (Wildman–Crippen MR) is 99.6 cm³/mol. The van der Waals surface area contributed by atoms with E-state index in [1.807, 2.05) is 6.08 Å². The summed E-state index contributed by atoms with van der Waals surface area (Å²) in [6, 6.07) is 0.986. The smallest absolute Gasteiger partial charge is 0.374 e. The summed E-state index contributed by atoms with van der Waals surface area (Å²) in [5.41, 5.74) is 2.93. The minimum atomic E-state index is -2.25. The standard InChI is InChI=1S/C10H20O3Si.C7H13NO4/c1-5-10(11-2)8-6-7-9-14(10,12-3)13-4;1-4(2)7(12,6(8)11)3-5(9)10/h5H,1,6-9H2,2-4H3;4,12H,3H2,1-2H3,(H2,8,11)(H,9,10). The molecule has 1 fully saturated rings. The largest absolute Gasteiger partial charge is 0.481 e. The van der Waals surface area contributed by atoms with E-state index in [-0.39, 0.29) is 5.22 Å². The highest BCUT2D eigenvalue weighted by Crippen LogP contribution is 2.40. The summed E-state index contributed by atoms with van der Waals surface area (Å²) in [7, 11) is 2.91. The van der Waals surface area contributed by atoms with E-state index in [4.69, 9.17) is 24.4 Å². The Hall–Kier alpha value is -1.26. The van der Waals surface area contributed by atoms with Crippen LogP contribution in [0.3, 0.4) is 0 Å². The third-order valence-electron chi connectivity index (χ3n) is 5.10. The maximum atomic E-state index is 10.7. The lowest BCUT2D eigenvalue weighted by molar-refractivity contribution is -0.154. The fraction of sp³-hybridized carbons (Fsp3) is 0.765. The van der Waals surface area contributed by atoms with E-state index in [2.05, 4.69) is 6.58 Å². The Morgan fingerprint density at radius 1 is 1.31 bits per heavy atom. The Kier molecular flexibility index (Phi) is 9.68. The zero-order chi connectivity index (χ0) is 20.6. The van der Waals surface area contributed by atoms with Crippen molar-refractivity contribution in [3.8, 4) is 0 Å². The Morgan fingerprint density at radius 3 is 2.08 bits per heavy atom. The van der Waals surface area contributed by atoms with Crippen molar-refractivity contribution >= 4 is 20.4 Å². The second kappa shape index (κ2) is 10.2. The van der Waals surface area contributed by atoms with Crippen LogP contribution in [0, 0.1) is 5.92 Å². The average molecular weight is 392 g/mol. The van der Waals surface area contributed by atoms with Crippen molar-refractivity contribution in [2.24, 2.45) is 11.7 Å². The van der Waals surface area contributed by atoms with Crippen molar-refractivity contribution in [3.05, 3.63) is 12.7 Å². The number of carboxylic acids is 1. The molecule has 0 radical (unpaired) electrons. The van der Waals surface area contributed by atoms with Crippen molar-refractivity contribution in [2.45, 2.75) is 56.4 Å². The molecular weight excluding hydrogens is 358 g/mol. The maximum Gasteiger partial charge on any atom is 0.374 e. The maximum absolute atomic E-state index is 10.7. The fourth-order valence-corrected chi connectivity index (χ4v) is 6.77. The van der Waals surface area contributed by atoms with Gasteiger partial charge in [0.1, 0.15) is 5.22 Å². The van der Waals surface area contributed by atoms with Crippen LogP contribution in [0.5, 0.6) is 0 Å². The molecule has 1 heterocycles. The molecule has 0 spiro atoms. The second-order valence-corrected chi connectivity index (χ2v) is 10.3. The molecule has 0 aliphatic carbocycles. The highest BCUT2D eigenvalue weighted by molar-refractivity contribution is 6.71. The third-order valence-corrected chi connectivity index (χ3v) is 9.38. The van der Waals surface area contributed by atoms with Gasteiger partial charge in [-0.2, -0.15) is 0 Å². The first-order valence-corrected chi connectivity index (χ1v) is 10.6. The number of hydrogen-bond donors (Lipinski definition) is 3. The van der Waals surface area contributed by atoms with E-state index in [1.54, 1.807) is 21.3 Å². The number of aliphatic hydroxyl groups is 1. The van der Waals surface area contributed by atoms with Crippen LogP contribution in [0.25, 0.3) is 0 Å². The first-order valence-electron chi connectivity index (χ1n) is 8.54. The molecule has 152 valence electrons. The van der Waals surface area contributed by atoms with Gasteiger partial charge in [-0.1, -0.05) is 32.8 Å². The van der Waals surface area contributed by atoms with Crippen molar-refractivity contribution in [1.82, 2.24) is 0 Å². The van der Waals surface area contributed by atoms with Crippen LogP contribution in [-0.4, -0.2) is 62.8 Å². The molecule has 4 N–H and O–H groups in total. The number of carboxylic acid groups (broad SMARTS) is 1. The Morgan fingerprint density at radius 2 is 1.85 bits per heavy atom. The number of amides is 1. The summed E-state index contributed by atoms with van der Waals surface area (Å²) in [5.74, 6) is -2.75. The van der Waals surface area contributed by atoms with Gasteiger partial charge in [0.05, 0.1) is 6.42 Å². The molecule has 0 saturated carbocycles. The summed E-state index contributed by atoms with van der Waals surface area (Å²) in [6.07, 6.45) is 4.49. The first kappa shape index (κ1) is 24.7. The zero-order valence-corrected chi connectivity index (χ0v) is 17.4. The molecule has 1 amide bonds. The van der Waals surface area contributed by atoms with Crippen molar-refractivity contribution in [2.75, 3.05) is 21.3 Å². The Labute approximate surface area is 156 Å². The number of aliphatic carboxylic acids is 1. The normalized spacial score (nSPS) is 24.1. The molecule has 1 aliphatic rings. The number of rotatable bonds is 8. The summed E-state index contributed by atoms with van der Waals surface area (Å²) < 4.78 is 16.9. The Bertz CT molecular complexity index is 496. The fourth-order valence-electron chi connectivity index (χ4n) is 3.19. The monoisotopic (exact) mass is 391 g/mol. The van der Waals surface area contributed by atoms with Crippen LogP contribution < -0.4 is 5.73 Å². The van der Waals surface area contributed by atoms with Crippen LogP contribution in [0.4, 0.5) is 0 Å². The minimum absolute atomic E-state index is 0.366. The highest BCUT2D eigenvalue weighted by atomic mass is 28.4. The molecule has 26 heavy (non-hydrogen) atoms. The zero-order valence-electron chi connectivity index (χ0n) is 16.4. The van der Waals surface area contributed by atoms with E-state index in [1.165, 1.54) is 13.8 Å². The Balaban J connectivity index is 0.000000488. The minimum Gasteiger partial charge on any atom is -0.481 e. The summed E-state index contributed by atoms with van der Waals surface area (Å²) in [6.45, 7) is 6.94. The van der Waals surface area contributed by atoms with Gasteiger partial charge in [-0.3, -0.25) is 9.59 Å². The van der Waals surface area contributed by atoms with Crippen LogP contribution in [0.2, 0.25) is 6.04 Å². The molecule has 0 bridgehead atoms. The van der Waals surface area contributed by atoms with Crippen LogP contribution >= 0.6 is 0 Å². The van der Waals surface area contributed by atoms with E-state index in [9.17, 15) is 14.7 Å². The third kappa shape index (κ3) is 5.14. The topological polar surface area (TPSA) is 128 Å². The quantitative estimate of drug-likeness (QED) is 0.421. The number of hydrogen-bond acceptors (Lipinski definition) is 6. The van der Waals surface area contributed by atoms with Gasteiger partial charge in [-0.25, -0.2) is 0 Å². The number of carbonyl (C=O) groups is 2. The molecule has 0 aromatic heterocycles. The van der Waals surface area contributed by atoms with Crippen molar-refractivity contribution < 1.29 is 33.4 Å². The van der Waals surface area contributed by atoms with E-state index < -0.39 is 38.4 Å². The van der Waals surface area contributed by atoms with Crippen molar-refractivity contribution in [1.29, 1.82) is 0 Å². The number of primary amides is 1. The number of methoxy groups -OCH3 is 1.